The predicted octanol–water partition coefficient (Wildman–Crippen LogP) is 3.22. The largest absolute Gasteiger partial charge is 0.495 e. The number of fused-ring (bicyclic) bond motifs is 1. The molecule has 3 rings (SSSR count). The lowest BCUT2D eigenvalue weighted by molar-refractivity contribution is -0.153. The van der Waals surface area contributed by atoms with Crippen LogP contribution >= 0.6 is 11.6 Å². The minimum Gasteiger partial charge on any atom is -0.495 e. The number of carbonyl (C=O) groups excluding carboxylic acids is 2. The predicted molar refractivity (Wildman–Crippen MR) is 107 cm³/mol. The van der Waals surface area contributed by atoms with E-state index >= 15 is 0 Å². The molecule has 1 aromatic heterocycles. The zero-order chi connectivity index (χ0) is 21.0. The van der Waals surface area contributed by atoms with E-state index in [1.54, 1.807) is 36.4 Å². The van der Waals surface area contributed by atoms with Gasteiger partial charge in [-0.25, -0.2) is 4.79 Å². The Labute approximate surface area is 171 Å². The number of carbonyl (C=O) groups is 2. The summed E-state index contributed by atoms with van der Waals surface area (Å²) in [5, 5.41) is 2.96. The van der Waals surface area contributed by atoms with Crippen molar-refractivity contribution in [3.8, 4) is 5.75 Å². The van der Waals surface area contributed by atoms with Crippen molar-refractivity contribution < 1.29 is 23.5 Å². The van der Waals surface area contributed by atoms with Crippen molar-refractivity contribution in [2.24, 2.45) is 0 Å². The molecule has 0 unspecified atom stereocenters. The van der Waals surface area contributed by atoms with E-state index in [2.05, 4.69) is 5.32 Å². The maximum atomic E-state index is 12.2. The average molecular weight is 419 g/mol. The number of anilines is 1. The van der Waals surface area contributed by atoms with Gasteiger partial charge in [-0.1, -0.05) is 23.7 Å². The Morgan fingerprint density at radius 2 is 2.00 bits per heavy atom. The van der Waals surface area contributed by atoms with Crippen molar-refractivity contribution in [3.63, 3.8) is 0 Å². The van der Waals surface area contributed by atoms with Gasteiger partial charge in [0.15, 0.2) is 11.7 Å². The van der Waals surface area contributed by atoms with Gasteiger partial charge in [0.1, 0.15) is 5.75 Å². The fourth-order valence-corrected chi connectivity index (χ4v) is 2.98. The molecular formula is C20H19ClN2O6. The Morgan fingerprint density at radius 3 is 2.72 bits per heavy atom. The number of halogens is 1. The van der Waals surface area contributed by atoms with E-state index in [1.165, 1.54) is 24.7 Å². The molecular weight excluding hydrogens is 400 g/mol. The van der Waals surface area contributed by atoms with Gasteiger partial charge >= 0.3 is 11.7 Å². The number of esters is 1. The minimum atomic E-state index is -1.03. The monoisotopic (exact) mass is 418 g/mol. The van der Waals surface area contributed by atoms with E-state index in [1.807, 2.05) is 0 Å². The standard InChI is InChI=1S/C20H19ClN2O6/c1-12(19(25)22-13-7-8-16(27-2)14(21)11-13)28-18(24)9-10-23-15-5-3-4-6-17(15)29-20(23)26/h3-8,11-12H,9-10H2,1-2H3,(H,22,25)/t12-/m1/s1. The van der Waals surface area contributed by atoms with Gasteiger partial charge in [-0.3, -0.25) is 14.2 Å². The molecule has 0 saturated carbocycles. The van der Waals surface area contributed by atoms with Gasteiger partial charge < -0.3 is 19.2 Å². The summed E-state index contributed by atoms with van der Waals surface area (Å²) in [6, 6.07) is 11.7. The first-order valence-corrected chi connectivity index (χ1v) is 9.19. The molecule has 1 N–H and O–H groups in total. The van der Waals surface area contributed by atoms with Crippen LogP contribution in [-0.4, -0.2) is 29.7 Å². The topological polar surface area (TPSA) is 99.8 Å². The van der Waals surface area contributed by atoms with Gasteiger partial charge in [-0.15, -0.1) is 0 Å². The van der Waals surface area contributed by atoms with E-state index in [0.717, 1.165) is 0 Å². The van der Waals surface area contributed by atoms with Crippen LogP contribution in [0.5, 0.6) is 5.75 Å². The number of aromatic nitrogens is 1. The molecule has 3 aromatic rings. The van der Waals surface area contributed by atoms with Crippen LogP contribution in [-0.2, 0) is 20.9 Å². The summed E-state index contributed by atoms with van der Waals surface area (Å²) in [4.78, 5) is 36.3. The third kappa shape index (κ3) is 4.78. The van der Waals surface area contributed by atoms with Crippen LogP contribution in [0, 0.1) is 0 Å². The van der Waals surface area contributed by atoms with Crippen molar-refractivity contribution in [3.05, 3.63) is 58.0 Å². The summed E-state index contributed by atoms with van der Waals surface area (Å²) in [7, 11) is 1.49. The number of benzene rings is 2. The Hall–Kier alpha value is -3.26. The first-order valence-electron chi connectivity index (χ1n) is 8.81. The van der Waals surface area contributed by atoms with Gasteiger partial charge in [0.25, 0.3) is 5.91 Å². The smallest absolute Gasteiger partial charge is 0.419 e. The average Bonchev–Trinajstić information content (AvgIpc) is 3.01. The van der Waals surface area contributed by atoms with E-state index in [-0.39, 0.29) is 13.0 Å². The normalized spacial score (nSPS) is 11.8. The number of nitrogens with one attached hydrogen (secondary N) is 1. The molecule has 0 spiro atoms. The maximum absolute atomic E-state index is 12.2. The zero-order valence-corrected chi connectivity index (χ0v) is 16.6. The fraction of sp³-hybridized carbons (Fsp3) is 0.250. The molecule has 9 heteroatoms. The molecule has 0 aliphatic rings. The van der Waals surface area contributed by atoms with Crippen LogP contribution in [0.4, 0.5) is 5.69 Å². The van der Waals surface area contributed by atoms with Crippen LogP contribution in [0.2, 0.25) is 5.02 Å². The fourth-order valence-electron chi connectivity index (χ4n) is 2.73. The number of methoxy groups -OCH3 is 1. The third-order valence-corrected chi connectivity index (χ3v) is 4.51. The third-order valence-electron chi connectivity index (χ3n) is 4.21. The second-order valence-electron chi connectivity index (χ2n) is 6.21. The Balaban J connectivity index is 1.55. The molecule has 0 saturated heterocycles. The van der Waals surface area contributed by atoms with E-state index in [0.29, 0.717) is 27.6 Å². The lowest BCUT2D eigenvalue weighted by atomic mass is 10.2. The molecule has 0 aliphatic heterocycles. The van der Waals surface area contributed by atoms with Gasteiger partial charge in [-0.05, 0) is 37.3 Å². The molecule has 1 heterocycles. The number of ether oxygens (including phenoxy) is 2. The lowest BCUT2D eigenvalue weighted by Crippen LogP contribution is -2.30. The number of amides is 1. The second-order valence-corrected chi connectivity index (χ2v) is 6.62. The van der Waals surface area contributed by atoms with Crippen LogP contribution in [0.25, 0.3) is 11.1 Å². The molecule has 152 valence electrons. The van der Waals surface area contributed by atoms with Gasteiger partial charge in [0.2, 0.25) is 0 Å². The van der Waals surface area contributed by atoms with Crippen LogP contribution in [0.3, 0.4) is 0 Å². The molecule has 2 aromatic carbocycles. The summed E-state index contributed by atoms with van der Waals surface area (Å²) in [6.07, 6.45) is -1.11. The second kappa shape index (κ2) is 8.83. The summed E-state index contributed by atoms with van der Waals surface area (Å²) >= 11 is 6.02. The van der Waals surface area contributed by atoms with Crippen molar-refractivity contribution in [2.45, 2.75) is 26.0 Å². The highest BCUT2D eigenvalue weighted by Crippen LogP contribution is 2.27. The van der Waals surface area contributed by atoms with E-state index in [9.17, 15) is 14.4 Å². The molecule has 0 radical (unpaired) electrons. The Bertz CT molecular complexity index is 1100. The molecule has 0 bridgehead atoms. The van der Waals surface area contributed by atoms with Crippen molar-refractivity contribution in [1.29, 1.82) is 0 Å². The summed E-state index contributed by atoms with van der Waals surface area (Å²) in [5.41, 5.74) is 1.48. The number of oxazole rings is 1. The molecule has 8 nitrogen and oxygen atoms in total. The number of hydrogen-bond acceptors (Lipinski definition) is 6. The quantitative estimate of drug-likeness (QED) is 0.591. The molecule has 1 atom stereocenters. The SMILES string of the molecule is COc1ccc(NC(=O)[C@@H](C)OC(=O)CCn2c(=O)oc3ccccc32)cc1Cl. The van der Waals surface area contributed by atoms with Gasteiger partial charge in [0.05, 0.1) is 24.1 Å². The van der Waals surface area contributed by atoms with Crippen LogP contribution in [0.15, 0.2) is 51.7 Å². The Morgan fingerprint density at radius 1 is 1.24 bits per heavy atom. The summed E-state index contributed by atoms with van der Waals surface area (Å²) < 4.78 is 16.7. The summed E-state index contributed by atoms with van der Waals surface area (Å²) in [5.74, 6) is -1.20. The van der Waals surface area contributed by atoms with E-state index < -0.39 is 23.7 Å². The Kier molecular flexibility index (Phi) is 6.23. The van der Waals surface area contributed by atoms with E-state index in [4.69, 9.17) is 25.5 Å². The molecule has 0 aliphatic carbocycles. The van der Waals surface area contributed by atoms with Crippen LogP contribution in [0.1, 0.15) is 13.3 Å². The first-order chi connectivity index (χ1) is 13.9. The van der Waals surface area contributed by atoms with Crippen molar-refractivity contribution in [1.82, 2.24) is 4.57 Å². The van der Waals surface area contributed by atoms with Crippen molar-refractivity contribution >= 4 is 40.3 Å². The number of para-hydroxylation sites is 2. The van der Waals surface area contributed by atoms with Gasteiger partial charge in [-0.2, -0.15) is 0 Å². The number of nitrogens with zero attached hydrogens (tertiary/aromatic N) is 1. The molecule has 1 amide bonds. The molecule has 0 fully saturated rings. The number of rotatable bonds is 7. The highest BCUT2D eigenvalue weighted by Gasteiger charge is 2.19. The van der Waals surface area contributed by atoms with Crippen LogP contribution < -0.4 is 15.8 Å². The lowest BCUT2D eigenvalue weighted by Gasteiger charge is -2.14. The first kappa shape index (κ1) is 20.5. The minimum absolute atomic E-state index is 0.0805. The molecule has 29 heavy (non-hydrogen) atoms. The highest BCUT2D eigenvalue weighted by molar-refractivity contribution is 6.32. The summed E-state index contributed by atoms with van der Waals surface area (Å²) in [6.45, 7) is 1.54. The number of aryl methyl sites for hydroxylation is 1. The highest BCUT2D eigenvalue weighted by atomic mass is 35.5. The maximum Gasteiger partial charge on any atom is 0.419 e. The zero-order valence-electron chi connectivity index (χ0n) is 15.8. The number of hydrogen-bond donors (Lipinski definition) is 1. The van der Waals surface area contributed by atoms with Gasteiger partial charge in [0, 0.05) is 12.2 Å². The van der Waals surface area contributed by atoms with Crippen molar-refractivity contribution in [2.75, 3.05) is 12.4 Å².